The fraction of sp³-hybridized carbons (Fsp3) is 0.200. The van der Waals surface area contributed by atoms with E-state index in [9.17, 15) is 4.79 Å². The molecule has 0 amide bonds. The lowest BCUT2D eigenvalue weighted by atomic mass is 10.1. The van der Waals surface area contributed by atoms with E-state index in [1.165, 1.54) is 29.8 Å². The number of carboxylic acid groups (broad SMARTS) is 1. The fourth-order valence-corrected chi connectivity index (χ4v) is 2.65. The van der Waals surface area contributed by atoms with E-state index in [0.717, 1.165) is 18.5 Å². The number of carboxylic acids is 1. The molecule has 0 saturated heterocycles. The van der Waals surface area contributed by atoms with Crippen LogP contribution in [0.25, 0.3) is 0 Å². The summed E-state index contributed by atoms with van der Waals surface area (Å²) in [6.07, 6.45) is 4.74. The maximum absolute atomic E-state index is 10.8. The topological polar surface area (TPSA) is 62.2 Å². The second-order valence-electron chi connectivity index (χ2n) is 4.82. The minimum atomic E-state index is -1.04. The molecule has 1 aromatic carbocycles. The number of rotatable bonds is 3. The molecule has 102 valence electrons. The Kier molecular flexibility index (Phi) is 3.32. The highest BCUT2D eigenvalue weighted by Gasteiger charge is 2.12. The number of nitrogens with one attached hydrogen (secondary N) is 1. The number of aromatic carboxylic acids is 1. The molecule has 3 rings (SSSR count). The summed E-state index contributed by atoms with van der Waals surface area (Å²) in [6.45, 7) is 0. The van der Waals surface area contributed by atoms with Gasteiger partial charge in [-0.2, -0.15) is 0 Å². The third kappa shape index (κ3) is 2.47. The third-order valence-corrected chi connectivity index (χ3v) is 3.74. The van der Waals surface area contributed by atoms with Crippen LogP contribution in [-0.4, -0.2) is 16.1 Å². The number of benzene rings is 1. The highest BCUT2D eigenvalue weighted by atomic mass is 35.5. The van der Waals surface area contributed by atoms with Crippen molar-refractivity contribution in [3.8, 4) is 0 Å². The molecule has 0 radical (unpaired) electrons. The van der Waals surface area contributed by atoms with Gasteiger partial charge in [-0.25, -0.2) is 9.78 Å². The monoisotopic (exact) mass is 288 g/mol. The lowest BCUT2D eigenvalue weighted by Gasteiger charge is -2.09. The van der Waals surface area contributed by atoms with E-state index in [1.807, 2.05) is 6.07 Å². The van der Waals surface area contributed by atoms with Crippen molar-refractivity contribution in [2.24, 2.45) is 0 Å². The average molecular weight is 289 g/mol. The van der Waals surface area contributed by atoms with Crippen LogP contribution in [0.4, 0.5) is 11.5 Å². The highest BCUT2D eigenvalue weighted by Crippen LogP contribution is 2.28. The summed E-state index contributed by atoms with van der Waals surface area (Å²) in [5.74, 6) is -0.571. The van der Waals surface area contributed by atoms with Crippen LogP contribution in [-0.2, 0) is 12.8 Å². The predicted molar refractivity (Wildman–Crippen MR) is 78.0 cm³/mol. The molecular formula is C15H13ClN2O2. The van der Waals surface area contributed by atoms with Crippen LogP contribution in [0.5, 0.6) is 0 Å². The van der Waals surface area contributed by atoms with Gasteiger partial charge in [-0.05, 0) is 48.6 Å². The van der Waals surface area contributed by atoms with Crippen molar-refractivity contribution in [2.45, 2.75) is 19.3 Å². The van der Waals surface area contributed by atoms with Crippen molar-refractivity contribution in [1.29, 1.82) is 0 Å². The van der Waals surface area contributed by atoms with E-state index in [-0.39, 0.29) is 5.56 Å². The average Bonchev–Trinajstić information content (AvgIpc) is 2.88. The maximum atomic E-state index is 10.8. The number of halogens is 1. The van der Waals surface area contributed by atoms with Crippen LogP contribution >= 0.6 is 11.6 Å². The zero-order valence-electron chi connectivity index (χ0n) is 10.7. The van der Waals surface area contributed by atoms with Crippen molar-refractivity contribution in [2.75, 3.05) is 5.32 Å². The Bertz CT molecular complexity index is 686. The molecule has 0 spiro atoms. The fourth-order valence-electron chi connectivity index (χ4n) is 2.43. The van der Waals surface area contributed by atoms with Crippen molar-refractivity contribution < 1.29 is 9.90 Å². The Morgan fingerprint density at radius 1 is 1.25 bits per heavy atom. The summed E-state index contributed by atoms with van der Waals surface area (Å²) in [5.41, 5.74) is 3.75. The Labute approximate surface area is 121 Å². The Morgan fingerprint density at radius 3 is 2.80 bits per heavy atom. The zero-order chi connectivity index (χ0) is 14.1. The van der Waals surface area contributed by atoms with E-state index in [2.05, 4.69) is 22.4 Å². The van der Waals surface area contributed by atoms with Crippen LogP contribution in [0.2, 0.25) is 5.02 Å². The van der Waals surface area contributed by atoms with Gasteiger partial charge in [0.15, 0.2) is 0 Å². The maximum Gasteiger partial charge on any atom is 0.337 e. The lowest BCUT2D eigenvalue weighted by Crippen LogP contribution is -2.01. The first-order valence-electron chi connectivity index (χ1n) is 6.41. The number of fused-ring (bicyclic) bond motifs is 1. The molecular weight excluding hydrogens is 276 g/mol. The molecule has 2 N–H and O–H groups in total. The molecule has 20 heavy (non-hydrogen) atoms. The Hall–Kier alpha value is -2.07. The number of aromatic nitrogens is 1. The van der Waals surface area contributed by atoms with Crippen molar-refractivity contribution >= 4 is 29.1 Å². The minimum Gasteiger partial charge on any atom is -0.478 e. The molecule has 0 aliphatic heterocycles. The number of pyridine rings is 1. The summed E-state index contributed by atoms with van der Waals surface area (Å²) in [4.78, 5) is 14.9. The van der Waals surface area contributed by atoms with E-state index in [0.29, 0.717) is 10.8 Å². The van der Waals surface area contributed by atoms with Gasteiger partial charge in [0.05, 0.1) is 10.6 Å². The molecule has 1 aromatic heterocycles. The summed E-state index contributed by atoms with van der Waals surface area (Å²) in [7, 11) is 0. The minimum absolute atomic E-state index is 0.0782. The van der Waals surface area contributed by atoms with E-state index in [4.69, 9.17) is 16.7 Å². The van der Waals surface area contributed by atoms with Crippen LogP contribution < -0.4 is 5.32 Å². The molecule has 0 saturated carbocycles. The molecule has 4 nitrogen and oxygen atoms in total. The van der Waals surface area contributed by atoms with Gasteiger partial charge in [0, 0.05) is 11.9 Å². The summed E-state index contributed by atoms with van der Waals surface area (Å²) >= 11 is 6.05. The van der Waals surface area contributed by atoms with Crippen molar-refractivity contribution in [3.05, 3.63) is 52.2 Å². The quantitative estimate of drug-likeness (QED) is 0.904. The van der Waals surface area contributed by atoms with Crippen LogP contribution in [0.15, 0.2) is 30.5 Å². The molecule has 2 aromatic rings. The van der Waals surface area contributed by atoms with Crippen molar-refractivity contribution in [3.63, 3.8) is 0 Å². The molecule has 1 aliphatic rings. The smallest absolute Gasteiger partial charge is 0.337 e. The van der Waals surface area contributed by atoms with E-state index in [1.54, 1.807) is 0 Å². The molecule has 1 heterocycles. The van der Waals surface area contributed by atoms with Gasteiger partial charge >= 0.3 is 5.97 Å². The number of hydrogen-bond acceptors (Lipinski definition) is 3. The van der Waals surface area contributed by atoms with Gasteiger partial charge < -0.3 is 10.4 Å². The van der Waals surface area contributed by atoms with E-state index >= 15 is 0 Å². The normalized spacial score (nSPS) is 13.1. The largest absolute Gasteiger partial charge is 0.478 e. The third-order valence-electron chi connectivity index (χ3n) is 3.45. The van der Waals surface area contributed by atoms with Crippen LogP contribution in [0.3, 0.4) is 0 Å². The first-order valence-corrected chi connectivity index (χ1v) is 6.79. The van der Waals surface area contributed by atoms with Gasteiger partial charge in [-0.1, -0.05) is 17.7 Å². The molecule has 5 heteroatoms. The Morgan fingerprint density at radius 2 is 2.05 bits per heavy atom. The highest BCUT2D eigenvalue weighted by molar-refractivity contribution is 6.33. The van der Waals surface area contributed by atoms with Gasteiger partial charge in [0.1, 0.15) is 5.82 Å². The van der Waals surface area contributed by atoms with Crippen molar-refractivity contribution in [1.82, 2.24) is 4.98 Å². The SMILES string of the molecule is O=C(O)c1cnc(Nc2ccc3c(c2)CCC3)c(Cl)c1. The number of carbonyl (C=O) groups is 1. The summed E-state index contributed by atoms with van der Waals surface area (Å²) < 4.78 is 0. The molecule has 1 aliphatic carbocycles. The molecule has 0 unspecified atom stereocenters. The number of hydrogen-bond donors (Lipinski definition) is 2. The number of anilines is 2. The number of nitrogens with zero attached hydrogens (tertiary/aromatic N) is 1. The van der Waals surface area contributed by atoms with Gasteiger partial charge in [-0.3, -0.25) is 0 Å². The first-order chi connectivity index (χ1) is 9.63. The zero-order valence-corrected chi connectivity index (χ0v) is 11.4. The molecule has 0 fully saturated rings. The second kappa shape index (κ2) is 5.13. The van der Waals surface area contributed by atoms with Gasteiger partial charge in [0.2, 0.25) is 0 Å². The summed E-state index contributed by atoms with van der Waals surface area (Å²) in [5, 5.41) is 12.3. The molecule has 0 bridgehead atoms. The predicted octanol–water partition coefficient (Wildman–Crippen LogP) is 3.67. The number of aryl methyl sites for hydroxylation is 2. The van der Waals surface area contributed by atoms with Gasteiger partial charge in [-0.15, -0.1) is 0 Å². The van der Waals surface area contributed by atoms with Crippen LogP contribution in [0.1, 0.15) is 27.9 Å². The lowest BCUT2D eigenvalue weighted by molar-refractivity contribution is 0.0696. The summed E-state index contributed by atoms with van der Waals surface area (Å²) in [6, 6.07) is 7.61. The van der Waals surface area contributed by atoms with E-state index < -0.39 is 5.97 Å². The first kappa shape index (κ1) is 12.9. The second-order valence-corrected chi connectivity index (χ2v) is 5.23. The standard InChI is InChI=1S/C15H13ClN2O2/c16-13-7-11(15(19)20)8-17-14(13)18-12-5-4-9-2-1-3-10(9)6-12/h4-8H,1-3H2,(H,17,18)(H,19,20). The van der Waals surface area contributed by atoms with Gasteiger partial charge in [0.25, 0.3) is 0 Å². The van der Waals surface area contributed by atoms with Crippen LogP contribution in [0, 0.1) is 0 Å². The molecule has 0 atom stereocenters. The Balaban J connectivity index is 1.86.